The molecule has 2 nitrogen and oxygen atoms in total. The van der Waals surface area contributed by atoms with Gasteiger partial charge in [0, 0.05) is 0 Å². The molecule has 0 fully saturated rings. The van der Waals surface area contributed by atoms with Gasteiger partial charge in [-0.2, -0.15) is 0 Å². The van der Waals surface area contributed by atoms with Crippen molar-refractivity contribution in [3.63, 3.8) is 0 Å². The van der Waals surface area contributed by atoms with E-state index >= 15 is 0 Å². The van der Waals surface area contributed by atoms with Crippen LogP contribution in [0.4, 0.5) is 0 Å². The number of nitrogens with zero attached hydrogens (tertiary/aromatic N) is 1. The third kappa shape index (κ3) is 1.36. The van der Waals surface area contributed by atoms with E-state index < -0.39 is 0 Å². The van der Waals surface area contributed by atoms with Crippen molar-refractivity contribution in [3.8, 4) is 0 Å². The molecule has 6 heavy (non-hydrogen) atoms. The molecule has 0 atom stereocenters. The van der Waals surface area contributed by atoms with Crippen LogP contribution in [0.3, 0.4) is 0 Å². The Hall–Kier alpha value is -0.970. The lowest BCUT2D eigenvalue weighted by atomic mass is 10.6. The average Bonchev–Trinajstić information content (AvgIpc) is 1.65. The molecule has 0 heterocycles. The lowest BCUT2D eigenvalue weighted by Crippen LogP contribution is -1.76. The van der Waals surface area contributed by atoms with Crippen LogP contribution in [0.25, 0.3) is 4.85 Å². The van der Waals surface area contributed by atoms with Crippen LogP contribution >= 0.6 is 0 Å². The third-order valence-corrected chi connectivity index (χ3v) is 0.418. The van der Waals surface area contributed by atoms with Gasteiger partial charge in [0.25, 0.3) is 0 Å². The van der Waals surface area contributed by atoms with Gasteiger partial charge in [0.05, 0.1) is 6.57 Å². The fourth-order valence-corrected chi connectivity index (χ4v) is 0.0373. The van der Waals surface area contributed by atoms with Gasteiger partial charge in [-0.1, -0.05) is 0 Å². The quantitative estimate of drug-likeness (QED) is 0.429. The zero-order chi connectivity index (χ0) is 4.99. The van der Waals surface area contributed by atoms with Gasteiger partial charge >= 0.3 is 0 Å². The van der Waals surface area contributed by atoms with Crippen LogP contribution in [-0.2, 0) is 0 Å². The maximum atomic E-state index is 6.29. The van der Waals surface area contributed by atoms with Gasteiger partial charge in [-0.25, -0.2) is 4.85 Å². The van der Waals surface area contributed by atoms with Gasteiger partial charge in [-0.05, 0) is 13.1 Å². The maximum Gasteiger partial charge on any atom is 0.177 e. The predicted octanol–water partition coefficient (Wildman–Crippen LogP) is 0.726. The molecule has 0 aliphatic heterocycles. The molecule has 0 rings (SSSR count). The summed E-state index contributed by atoms with van der Waals surface area (Å²) in [6, 6.07) is 0. The molecule has 0 aromatic rings. The summed E-state index contributed by atoms with van der Waals surface area (Å²) in [4.78, 5) is 2.99. The lowest BCUT2D eigenvalue weighted by Gasteiger charge is -1.72. The molecule has 0 unspecified atom stereocenters. The first-order valence-corrected chi connectivity index (χ1v) is 1.57. The SMILES string of the molecule is [C-]#[N+]/C(C)=C\N. The second-order valence-corrected chi connectivity index (χ2v) is 0.920. The van der Waals surface area contributed by atoms with Gasteiger partial charge in [-0.3, -0.25) is 0 Å². The van der Waals surface area contributed by atoms with Crippen LogP contribution in [0.15, 0.2) is 11.9 Å². The number of hydrogen-bond donors (Lipinski definition) is 1. The Morgan fingerprint density at radius 3 is 2.50 bits per heavy atom. The molecular weight excluding hydrogens is 76.1 g/mol. The molecule has 0 bridgehead atoms. The Labute approximate surface area is 37.1 Å². The zero-order valence-corrected chi connectivity index (χ0v) is 3.60. The minimum Gasteiger partial charge on any atom is -0.414 e. The van der Waals surface area contributed by atoms with Crippen molar-refractivity contribution in [1.29, 1.82) is 0 Å². The van der Waals surface area contributed by atoms with Crippen LogP contribution < -0.4 is 5.73 Å². The van der Waals surface area contributed by atoms with E-state index in [1.807, 2.05) is 0 Å². The molecule has 2 N–H and O–H groups in total. The molecule has 0 spiro atoms. The highest BCUT2D eigenvalue weighted by atomic mass is 14.7. The van der Waals surface area contributed by atoms with Gasteiger partial charge in [0.1, 0.15) is 0 Å². The summed E-state index contributed by atoms with van der Waals surface area (Å²) in [5.41, 5.74) is 5.44. The molecular formula is C4H6N2. The van der Waals surface area contributed by atoms with E-state index in [4.69, 9.17) is 12.3 Å². The van der Waals surface area contributed by atoms with Crippen molar-refractivity contribution < 1.29 is 0 Å². The Morgan fingerprint density at radius 1 is 2.00 bits per heavy atom. The van der Waals surface area contributed by atoms with Gasteiger partial charge < -0.3 is 5.73 Å². The first-order valence-electron chi connectivity index (χ1n) is 1.57. The first-order chi connectivity index (χ1) is 2.81. The van der Waals surface area contributed by atoms with Crippen molar-refractivity contribution in [3.05, 3.63) is 23.3 Å². The summed E-state index contributed by atoms with van der Waals surface area (Å²) in [6.07, 6.45) is 1.28. The second-order valence-electron chi connectivity index (χ2n) is 0.920. The van der Waals surface area contributed by atoms with E-state index in [-0.39, 0.29) is 0 Å². The minimum absolute atomic E-state index is 0.537. The molecule has 2 heteroatoms. The van der Waals surface area contributed by atoms with Crippen molar-refractivity contribution >= 4 is 0 Å². The summed E-state index contributed by atoms with van der Waals surface area (Å²) in [5, 5.41) is 0. The average molecular weight is 82.1 g/mol. The highest BCUT2D eigenvalue weighted by molar-refractivity contribution is 5.02. The molecule has 0 radical (unpaired) electrons. The monoisotopic (exact) mass is 82.1 g/mol. The van der Waals surface area contributed by atoms with E-state index in [9.17, 15) is 0 Å². The summed E-state index contributed by atoms with van der Waals surface area (Å²) < 4.78 is 0. The topological polar surface area (TPSA) is 30.4 Å². The van der Waals surface area contributed by atoms with E-state index in [1.54, 1.807) is 6.92 Å². The second kappa shape index (κ2) is 2.28. The first kappa shape index (κ1) is 5.03. The molecule has 0 aliphatic rings. The Morgan fingerprint density at radius 2 is 2.50 bits per heavy atom. The van der Waals surface area contributed by atoms with Crippen LogP contribution in [-0.4, -0.2) is 0 Å². The number of allylic oxidation sites excluding steroid dienone is 1. The van der Waals surface area contributed by atoms with E-state index in [1.165, 1.54) is 6.20 Å². The Bertz CT molecular complexity index is 96.6. The van der Waals surface area contributed by atoms with Gasteiger partial charge in [0.15, 0.2) is 5.70 Å². The summed E-state index contributed by atoms with van der Waals surface area (Å²) in [7, 11) is 0. The van der Waals surface area contributed by atoms with Crippen LogP contribution in [0.2, 0.25) is 0 Å². The van der Waals surface area contributed by atoms with E-state index in [0.29, 0.717) is 5.70 Å². The van der Waals surface area contributed by atoms with Crippen molar-refractivity contribution in [2.45, 2.75) is 6.92 Å². The number of rotatable bonds is 0. The molecule has 0 saturated carbocycles. The van der Waals surface area contributed by atoms with E-state index in [2.05, 4.69) is 4.85 Å². The predicted molar refractivity (Wildman–Crippen MR) is 24.5 cm³/mol. The lowest BCUT2D eigenvalue weighted by molar-refractivity contribution is 1.43. The largest absolute Gasteiger partial charge is 0.414 e. The summed E-state index contributed by atoms with van der Waals surface area (Å²) >= 11 is 0. The summed E-state index contributed by atoms with van der Waals surface area (Å²) in [5.74, 6) is 0. The fraction of sp³-hybridized carbons (Fsp3) is 0.250. The van der Waals surface area contributed by atoms with Crippen LogP contribution in [0, 0.1) is 6.57 Å². The van der Waals surface area contributed by atoms with Crippen LogP contribution in [0.1, 0.15) is 6.92 Å². The highest BCUT2D eigenvalue weighted by Gasteiger charge is 1.72. The summed E-state index contributed by atoms with van der Waals surface area (Å²) in [6.45, 7) is 7.95. The number of hydrogen-bond acceptors (Lipinski definition) is 1. The van der Waals surface area contributed by atoms with Crippen molar-refractivity contribution in [2.24, 2.45) is 5.73 Å². The standard InChI is InChI=1S/C4H6N2/c1-4(3-5)6-2/h3H,5H2,1H3/b4-3-. The normalized spacial score (nSPS) is 10.3. The zero-order valence-electron chi connectivity index (χ0n) is 3.60. The van der Waals surface area contributed by atoms with Gasteiger partial charge in [-0.15, -0.1) is 0 Å². The molecule has 0 saturated heterocycles. The van der Waals surface area contributed by atoms with Crippen molar-refractivity contribution in [1.82, 2.24) is 0 Å². The Balaban J connectivity index is 3.61. The Kier molecular flexibility index (Phi) is 1.91. The molecule has 0 amide bonds. The number of nitrogens with two attached hydrogens (primary N) is 1. The highest BCUT2D eigenvalue weighted by Crippen LogP contribution is 1.85. The van der Waals surface area contributed by atoms with Crippen LogP contribution in [0.5, 0.6) is 0 Å². The van der Waals surface area contributed by atoms with Crippen molar-refractivity contribution in [2.75, 3.05) is 0 Å². The minimum atomic E-state index is 0.537. The van der Waals surface area contributed by atoms with Gasteiger partial charge in [0.2, 0.25) is 0 Å². The molecule has 32 valence electrons. The molecule has 0 aromatic carbocycles. The third-order valence-electron chi connectivity index (χ3n) is 0.418. The smallest absolute Gasteiger partial charge is 0.177 e. The maximum absolute atomic E-state index is 6.29. The van der Waals surface area contributed by atoms with E-state index in [0.717, 1.165) is 0 Å². The molecule has 0 aromatic heterocycles. The fourth-order valence-electron chi connectivity index (χ4n) is 0.0373. The molecule has 0 aliphatic carbocycles.